The zero-order valence-electron chi connectivity index (χ0n) is 12.0. The second-order valence-corrected chi connectivity index (χ2v) is 5.29. The number of hydrogen-bond donors (Lipinski definition) is 1. The van der Waals surface area contributed by atoms with Gasteiger partial charge >= 0.3 is 0 Å². The first-order chi connectivity index (χ1) is 9.58. The third-order valence-corrected chi connectivity index (χ3v) is 3.12. The lowest BCUT2D eigenvalue weighted by molar-refractivity contribution is 0.487. The summed E-state index contributed by atoms with van der Waals surface area (Å²) in [6.07, 6.45) is 0. The van der Waals surface area contributed by atoms with E-state index in [-0.39, 0.29) is 11.9 Å². The van der Waals surface area contributed by atoms with Crippen LogP contribution in [0.2, 0.25) is 0 Å². The number of hydrogen-bond acceptors (Lipinski definition) is 4. The highest BCUT2D eigenvalue weighted by atomic mass is 19.1. The quantitative estimate of drug-likeness (QED) is 0.879. The summed E-state index contributed by atoms with van der Waals surface area (Å²) in [6, 6.07) is 6.39. The fourth-order valence-electron chi connectivity index (χ4n) is 1.98. The molecule has 0 aliphatic heterocycles. The number of nitrogens with zero attached hydrogens (tertiary/aromatic N) is 4. The van der Waals surface area contributed by atoms with Crippen LogP contribution in [0.15, 0.2) is 24.3 Å². The molecule has 5 nitrogen and oxygen atoms in total. The van der Waals surface area contributed by atoms with Crippen LogP contribution in [0.4, 0.5) is 4.39 Å². The topological polar surface area (TPSA) is 55.6 Å². The van der Waals surface area contributed by atoms with Crippen LogP contribution in [0.5, 0.6) is 0 Å². The minimum atomic E-state index is -0.239. The molecule has 0 spiro atoms. The van der Waals surface area contributed by atoms with Gasteiger partial charge in [-0.2, -0.15) is 0 Å². The molecule has 1 aromatic heterocycles. The van der Waals surface area contributed by atoms with Crippen LogP contribution in [0, 0.1) is 11.7 Å². The van der Waals surface area contributed by atoms with Gasteiger partial charge < -0.3 is 5.32 Å². The van der Waals surface area contributed by atoms with E-state index in [9.17, 15) is 4.39 Å². The van der Waals surface area contributed by atoms with E-state index in [1.54, 1.807) is 16.8 Å². The van der Waals surface area contributed by atoms with Crippen LogP contribution >= 0.6 is 0 Å². The number of aromatic nitrogens is 4. The molecule has 1 unspecified atom stereocenters. The van der Waals surface area contributed by atoms with Crippen LogP contribution in [0.3, 0.4) is 0 Å². The Balaban J connectivity index is 2.08. The van der Waals surface area contributed by atoms with Gasteiger partial charge in [-0.05, 0) is 47.5 Å². The van der Waals surface area contributed by atoms with Crippen molar-refractivity contribution < 1.29 is 4.39 Å². The van der Waals surface area contributed by atoms with E-state index in [2.05, 4.69) is 34.7 Å². The maximum Gasteiger partial charge on any atom is 0.165 e. The van der Waals surface area contributed by atoms with E-state index in [1.807, 2.05) is 6.92 Å². The van der Waals surface area contributed by atoms with Crippen LogP contribution in [0.1, 0.15) is 38.2 Å². The van der Waals surface area contributed by atoms with Gasteiger partial charge in [-0.15, -0.1) is 5.10 Å². The van der Waals surface area contributed by atoms with Gasteiger partial charge in [0.1, 0.15) is 5.82 Å². The molecule has 108 valence electrons. The molecule has 0 fully saturated rings. The number of rotatable bonds is 6. The molecule has 1 aromatic carbocycles. The second-order valence-electron chi connectivity index (χ2n) is 5.29. The summed E-state index contributed by atoms with van der Waals surface area (Å²) in [6.45, 7) is 7.83. The summed E-state index contributed by atoms with van der Waals surface area (Å²) in [5, 5.41) is 15.1. The Labute approximate surface area is 118 Å². The first kappa shape index (κ1) is 14.6. The molecule has 0 saturated heterocycles. The average Bonchev–Trinajstić information content (AvgIpc) is 2.87. The number of halogens is 1. The largest absolute Gasteiger partial charge is 0.310 e. The van der Waals surface area contributed by atoms with Crippen molar-refractivity contribution in [3.05, 3.63) is 41.5 Å². The van der Waals surface area contributed by atoms with E-state index in [4.69, 9.17) is 0 Å². The lowest BCUT2D eigenvalue weighted by atomic mass is 10.1. The van der Waals surface area contributed by atoms with Gasteiger partial charge in [0.25, 0.3) is 0 Å². The molecule has 2 rings (SSSR count). The number of benzene rings is 1. The van der Waals surface area contributed by atoms with Crippen LogP contribution in [-0.2, 0) is 6.54 Å². The van der Waals surface area contributed by atoms with Crippen LogP contribution in [-0.4, -0.2) is 26.8 Å². The molecule has 0 saturated carbocycles. The molecule has 1 atom stereocenters. The van der Waals surface area contributed by atoms with Gasteiger partial charge in [0.15, 0.2) is 5.82 Å². The lowest BCUT2D eigenvalue weighted by Gasteiger charge is -2.14. The highest BCUT2D eigenvalue weighted by Crippen LogP contribution is 2.17. The smallest absolute Gasteiger partial charge is 0.165 e. The molecule has 0 aliphatic rings. The molecular formula is C14H20FN5. The van der Waals surface area contributed by atoms with Crippen LogP contribution in [0.25, 0.3) is 0 Å². The Morgan fingerprint density at radius 2 is 1.90 bits per heavy atom. The van der Waals surface area contributed by atoms with E-state index in [1.165, 1.54) is 12.1 Å². The average molecular weight is 277 g/mol. The normalized spacial score (nSPS) is 12.8. The third-order valence-electron chi connectivity index (χ3n) is 3.12. The van der Waals surface area contributed by atoms with E-state index < -0.39 is 0 Å². The van der Waals surface area contributed by atoms with Gasteiger partial charge in [0.2, 0.25) is 0 Å². The molecule has 0 amide bonds. The summed E-state index contributed by atoms with van der Waals surface area (Å²) in [7, 11) is 0. The zero-order chi connectivity index (χ0) is 14.5. The maximum atomic E-state index is 13.0. The van der Waals surface area contributed by atoms with Crippen molar-refractivity contribution in [2.24, 2.45) is 5.92 Å². The van der Waals surface area contributed by atoms with Gasteiger partial charge in [-0.3, -0.25) is 0 Å². The van der Waals surface area contributed by atoms with Crippen molar-refractivity contribution in [3.63, 3.8) is 0 Å². The summed E-state index contributed by atoms with van der Waals surface area (Å²) in [4.78, 5) is 0. The molecular weight excluding hydrogens is 257 g/mol. The number of nitrogens with one attached hydrogen (secondary N) is 1. The zero-order valence-corrected chi connectivity index (χ0v) is 12.0. The van der Waals surface area contributed by atoms with E-state index in [0.29, 0.717) is 12.5 Å². The minimum Gasteiger partial charge on any atom is -0.310 e. The predicted octanol–water partition coefficient (Wildman–Crippen LogP) is 2.17. The molecule has 6 heteroatoms. The summed E-state index contributed by atoms with van der Waals surface area (Å²) in [5.74, 6) is 1.12. The molecule has 0 aliphatic carbocycles. The predicted molar refractivity (Wildman–Crippen MR) is 74.6 cm³/mol. The van der Waals surface area contributed by atoms with Gasteiger partial charge in [-0.25, -0.2) is 9.07 Å². The Hall–Kier alpha value is -1.82. The molecule has 1 N–H and O–H groups in total. The highest BCUT2D eigenvalue weighted by Gasteiger charge is 2.14. The minimum absolute atomic E-state index is 0.0264. The standard InChI is InChI=1S/C14H20FN5/c1-10(2)8-16-9-14-17-18-19-20(14)11(3)12-4-6-13(15)7-5-12/h4-7,10-11,16H,8-9H2,1-3H3. The Bertz CT molecular complexity index is 535. The Kier molecular flexibility index (Phi) is 4.79. The Morgan fingerprint density at radius 3 is 2.55 bits per heavy atom. The van der Waals surface area contributed by atoms with Crippen molar-refractivity contribution >= 4 is 0 Å². The number of tetrazole rings is 1. The van der Waals surface area contributed by atoms with Crippen molar-refractivity contribution in [1.29, 1.82) is 0 Å². The molecule has 20 heavy (non-hydrogen) atoms. The van der Waals surface area contributed by atoms with Crippen molar-refractivity contribution in [1.82, 2.24) is 25.5 Å². The second kappa shape index (κ2) is 6.56. The first-order valence-corrected chi connectivity index (χ1v) is 6.81. The lowest BCUT2D eigenvalue weighted by Crippen LogP contribution is -2.23. The van der Waals surface area contributed by atoms with Gasteiger partial charge in [-0.1, -0.05) is 26.0 Å². The van der Waals surface area contributed by atoms with Crippen molar-refractivity contribution in [2.45, 2.75) is 33.4 Å². The summed E-state index contributed by atoms with van der Waals surface area (Å²) >= 11 is 0. The monoisotopic (exact) mass is 277 g/mol. The first-order valence-electron chi connectivity index (χ1n) is 6.81. The van der Waals surface area contributed by atoms with Crippen LogP contribution < -0.4 is 5.32 Å². The summed E-state index contributed by atoms with van der Waals surface area (Å²) < 4.78 is 14.7. The maximum absolute atomic E-state index is 13.0. The fourth-order valence-corrected chi connectivity index (χ4v) is 1.98. The molecule has 1 heterocycles. The summed E-state index contributed by atoms with van der Waals surface area (Å²) in [5.41, 5.74) is 0.976. The third kappa shape index (κ3) is 3.60. The van der Waals surface area contributed by atoms with Gasteiger partial charge in [0.05, 0.1) is 12.6 Å². The molecule has 2 aromatic rings. The van der Waals surface area contributed by atoms with E-state index >= 15 is 0 Å². The Morgan fingerprint density at radius 1 is 1.20 bits per heavy atom. The van der Waals surface area contributed by atoms with E-state index in [0.717, 1.165) is 17.9 Å². The van der Waals surface area contributed by atoms with Crippen molar-refractivity contribution in [3.8, 4) is 0 Å². The van der Waals surface area contributed by atoms with Crippen molar-refractivity contribution in [2.75, 3.05) is 6.54 Å². The molecule has 0 bridgehead atoms. The molecule has 0 radical (unpaired) electrons. The highest BCUT2D eigenvalue weighted by molar-refractivity contribution is 5.20. The fraction of sp³-hybridized carbons (Fsp3) is 0.500. The van der Waals surface area contributed by atoms with Gasteiger partial charge in [0, 0.05) is 0 Å². The SMILES string of the molecule is CC(C)CNCc1nnnn1C(C)c1ccc(F)cc1.